The summed E-state index contributed by atoms with van der Waals surface area (Å²) in [6.07, 6.45) is 18.3. The van der Waals surface area contributed by atoms with E-state index < -0.39 is 18.0 Å². The first kappa shape index (κ1) is 53.7. The van der Waals surface area contributed by atoms with Gasteiger partial charge in [-0.15, -0.1) is 0 Å². The number of unbranched alkanes of at least 4 members (excludes halogenated alkanes) is 14. The van der Waals surface area contributed by atoms with Gasteiger partial charge in [-0.25, -0.2) is 4.79 Å². The van der Waals surface area contributed by atoms with Crippen LogP contribution in [0.3, 0.4) is 0 Å². The van der Waals surface area contributed by atoms with E-state index >= 15 is 0 Å². The average molecular weight is 817 g/mol. The molecule has 0 aromatic heterocycles. The van der Waals surface area contributed by atoms with Crippen LogP contribution in [-0.4, -0.2) is 124 Å². The highest BCUT2D eigenvalue weighted by Gasteiger charge is 2.19. The Balaban J connectivity index is 3.59. The lowest BCUT2D eigenvalue weighted by Crippen LogP contribution is -2.40. The summed E-state index contributed by atoms with van der Waals surface area (Å²) in [7, 11) is 0. The maximum absolute atomic E-state index is 12.3. The highest BCUT2D eigenvalue weighted by Crippen LogP contribution is 2.14. The van der Waals surface area contributed by atoms with Gasteiger partial charge in [0.2, 0.25) is 23.6 Å². The molecule has 4 amide bonds. The van der Waals surface area contributed by atoms with Crippen molar-refractivity contribution in [3.8, 4) is 0 Å². The molecule has 0 aliphatic rings. The molecule has 0 saturated carbocycles. The first-order valence-electron chi connectivity index (χ1n) is 21.5. The predicted molar refractivity (Wildman–Crippen MR) is 217 cm³/mol. The Morgan fingerprint density at radius 3 is 1.26 bits per heavy atom. The molecule has 1 unspecified atom stereocenters. The molecule has 332 valence electrons. The number of carbonyl (C=O) groups excluding carboxylic acids is 4. The van der Waals surface area contributed by atoms with Crippen LogP contribution in [0.15, 0.2) is 0 Å². The minimum Gasteiger partial charge on any atom is -0.481 e. The van der Waals surface area contributed by atoms with Crippen molar-refractivity contribution in [3.05, 3.63) is 0 Å². The molecule has 0 aromatic rings. The highest BCUT2D eigenvalue weighted by atomic mass is 16.5. The van der Waals surface area contributed by atoms with Crippen LogP contribution in [0.2, 0.25) is 0 Å². The Kier molecular flexibility index (Phi) is 38.4. The summed E-state index contributed by atoms with van der Waals surface area (Å²) in [5.74, 6) is -2.32. The number of nitrogens with one attached hydrogen (secondary N) is 4. The molecule has 16 heteroatoms. The molecule has 0 spiro atoms. The molecule has 16 nitrogen and oxygen atoms in total. The van der Waals surface area contributed by atoms with Gasteiger partial charge >= 0.3 is 11.9 Å². The Morgan fingerprint density at radius 2 is 0.825 bits per heavy atom. The molecule has 0 bridgehead atoms. The third-order valence-corrected chi connectivity index (χ3v) is 9.07. The summed E-state index contributed by atoms with van der Waals surface area (Å²) >= 11 is 0. The molecule has 0 radical (unpaired) electrons. The average Bonchev–Trinajstić information content (AvgIpc) is 3.18. The monoisotopic (exact) mass is 817 g/mol. The fourth-order valence-electron chi connectivity index (χ4n) is 5.71. The molecule has 0 aliphatic heterocycles. The van der Waals surface area contributed by atoms with Crippen molar-refractivity contribution in [3.63, 3.8) is 0 Å². The summed E-state index contributed by atoms with van der Waals surface area (Å²) in [6, 6.07) is -0.938. The molecular weight excluding hydrogens is 740 g/mol. The van der Waals surface area contributed by atoms with E-state index in [2.05, 4.69) is 21.3 Å². The molecule has 0 aromatic carbocycles. The van der Waals surface area contributed by atoms with Crippen LogP contribution in [0, 0.1) is 0 Å². The van der Waals surface area contributed by atoms with Crippen LogP contribution in [-0.2, 0) is 47.7 Å². The van der Waals surface area contributed by atoms with Crippen molar-refractivity contribution >= 4 is 35.6 Å². The van der Waals surface area contributed by atoms with Crippen LogP contribution in [0.1, 0.15) is 148 Å². The molecule has 57 heavy (non-hydrogen) atoms. The normalized spacial score (nSPS) is 11.5. The Morgan fingerprint density at radius 1 is 0.421 bits per heavy atom. The van der Waals surface area contributed by atoms with Crippen LogP contribution in [0.5, 0.6) is 0 Å². The van der Waals surface area contributed by atoms with Crippen LogP contribution in [0.25, 0.3) is 0 Å². The maximum atomic E-state index is 12.3. The smallest absolute Gasteiger partial charge is 0.326 e. The van der Waals surface area contributed by atoms with Crippen LogP contribution in [0.4, 0.5) is 0 Å². The number of carboxylic acid groups (broad SMARTS) is 2. The van der Waals surface area contributed by atoms with Gasteiger partial charge in [0.05, 0.1) is 52.9 Å². The van der Waals surface area contributed by atoms with E-state index in [0.29, 0.717) is 91.4 Å². The second kappa shape index (κ2) is 40.8. The molecule has 0 heterocycles. The van der Waals surface area contributed by atoms with Gasteiger partial charge in [-0.1, -0.05) is 84.0 Å². The van der Waals surface area contributed by atoms with E-state index in [4.69, 9.17) is 24.1 Å². The molecule has 6 N–H and O–H groups in total. The van der Waals surface area contributed by atoms with E-state index in [0.717, 1.165) is 44.9 Å². The molecule has 0 fully saturated rings. The largest absolute Gasteiger partial charge is 0.481 e. The quantitative estimate of drug-likeness (QED) is 0.0462. The molecule has 0 rings (SSSR count). The molecular formula is C41H76N4O12. The van der Waals surface area contributed by atoms with E-state index in [1.165, 1.54) is 44.9 Å². The summed E-state index contributed by atoms with van der Waals surface area (Å²) in [5, 5.41) is 29.1. The second-order valence-corrected chi connectivity index (χ2v) is 14.2. The predicted octanol–water partition coefficient (Wildman–Crippen LogP) is 4.66. The highest BCUT2D eigenvalue weighted by molar-refractivity contribution is 5.83. The number of carboxylic acids is 2. The first-order valence-corrected chi connectivity index (χ1v) is 21.5. The number of rotatable bonds is 43. The SMILES string of the molecule is CCC(=O)NCCOCCOCCC(=O)NCCOCCOCCC(=O)NCCCCC(NC(=O)CCCCCCCCCCCCCCCCC(=O)O)C(=O)O. The van der Waals surface area contributed by atoms with Crippen LogP contribution >= 0.6 is 0 Å². The standard InChI is InChI=1S/C41H76N4O12/c1-2-36(46)43-25-29-56-33-31-55-28-23-38(48)44-26-30-57-34-32-54-27-22-37(47)42-24-18-17-19-35(41(52)53)45-39(49)20-15-13-11-9-7-5-3-4-6-8-10-12-14-16-21-40(50)51/h35H,2-34H2,1H3,(H,42,47)(H,43,46)(H,44,48)(H,45,49)(H,50,51)(H,52,53). The van der Waals surface area contributed by atoms with E-state index in [1.807, 2.05) is 0 Å². The summed E-state index contributed by atoms with van der Waals surface area (Å²) in [5.41, 5.74) is 0. The van der Waals surface area contributed by atoms with Crippen molar-refractivity contribution in [2.75, 3.05) is 72.5 Å². The zero-order valence-corrected chi connectivity index (χ0v) is 34.9. The Bertz CT molecular complexity index is 1050. The summed E-state index contributed by atoms with van der Waals surface area (Å²) < 4.78 is 21.6. The number of aliphatic carboxylic acids is 2. The summed E-state index contributed by atoms with van der Waals surface area (Å²) in [6.45, 7) is 5.67. The fraction of sp³-hybridized carbons (Fsp3) is 0.854. The van der Waals surface area contributed by atoms with Crippen molar-refractivity contribution < 1.29 is 57.9 Å². The van der Waals surface area contributed by atoms with Gasteiger partial charge < -0.3 is 50.4 Å². The minimum atomic E-state index is -1.05. The second-order valence-electron chi connectivity index (χ2n) is 14.2. The molecule has 1 atom stereocenters. The van der Waals surface area contributed by atoms with E-state index in [1.54, 1.807) is 6.92 Å². The van der Waals surface area contributed by atoms with E-state index in [-0.39, 0.29) is 56.1 Å². The summed E-state index contributed by atoms with van der Waals surface area (Å²) in [4.78, 5) is 69.5. The van der Waals surface area contributed by atoms with Crippen molar-refractivity contribution in [1.82, 2.24) is 21.3 Å². The number of carbonyl (C=O) groups is 6. The van der Waals surface area contributed by atoms with Gasteiger partial charge in [-0.2, -0.15) is 0 Å². The fourth-order valence-corrected chi connectivity index (χ4v) is 5.71. The first-order chi connectivity index (χ1) is 27.6. The number of ether oxygens (including phenoxy) is 4. The third kappa shape index (κ3) is 40.7. The lowest BCUT2D eigenvalue weighted by atomic mass is 10.0. The lowest BCUT2D eigenvalue weighted by molar-refractivity contribution is -0.142. The maximum Gasteiger partial charge on any atom is 0.326 e. The van der Waals surface area contributed by atoms with Crippen molar-refractivity contribution in [2.45, 2.75) is 154 Å². The van der Waals surface area contributed by atoms with Gasteiger partial charge in [0.1, 0.15) is 6.04 Å². The van der Waals surface area contributed by atoms with Gasteiger partial charge in [0, 0.05) is 51.7 Å². The zero-order chi connectivity index (χ0) is 42.0. The number of hydrogen-bond acceptors (Lipinski definition) is 10. The number of amides is 4. The molecule has 0 saturated heterocycles. The number of hydrogen-bond donors (Lipinski definition) is 6. The zero-order valence-electron chi connectivity index (χ0n) is 34.9. The van der Waals surface area contributed by atoms with Gasteiger partial charge in [-0.3, -0.25) is 24.0 Å². The van der Waals surface area contributed by atoms with Gasteiger partial charge in [-0.05, 0) is 32.1 Å². The Hall–Kier alpha value is -3.34. The van der Waals surface area contributed by atoms with E-state index in [9.17, 15) is 33.9 Å². The van der Waals surface area contributed by atoms with Crippen molar-refractivity contribution in [1.29, 1.82) is 0 Å². The molecule has 0 aliphatic carbocycles. The van der Waals surface area contributed by atoms with Gasteiger partial charge in [0.25, 0.3) is 0 Å². The topological polar surface area (TPSA) is 228 Å². The minimum absolute atomic E-state index is 0.0164. The third-order valence-electron chi connectivity index (χ3n) is 9.07. The Labute approximate surface area is 341 Å². The lowest BCUT2D eigenvalue weighted by Gasteiger charge is -2.14. The van der Waals surface area contributed by atoms with Gasteiger partial charge in [0.15, 0.2) is 0 Å². The van der Waals surface area contributed by atoms with Crippen LogP contribution < -0.4 is 21.3 Å². The van der Waals surface area contributed by atoms with Crippen molar-refractivity contribution in [2.24, 2.45) is 0 Å².